The summed E-state index contributed by atoms with van der Waals surface area (Å²) >= 11 is 0. The maximum absolute atomic E-state index is 12.4. The van der Waals surface area contributed by atoms with E-state index in [0.29, 0.717) is 23.3 Å². The summed E-state index contributed by atoms with van der Waals surface area (Å²) in [5.41, 5.74) is -0.00149. The van der Waals surface area contributed by atoms with Crippen LogP contribution in [-0.4, -0.2) is 69.1 Å². The van der Waals surface area contributed by atoms with Crippen molar-refractivity contribution in [2.24, 2.45) is 0 Å². The fraction of sp³-hybridized carbons (Fsp3) is 0.467. The first-order valence-corrected chi connectivity index (χ1v) is 13.7. The van der Waals surface area contributed by atoms with Gasteiger partial charge in [0, 0.05) is 24.2 Å². The van der Waals surface area contributed by atoms with Crippen LogP contribution in [0.5, 0.6) is 0 Å². The normalized spacial score (nSPS) is 14.4. The molecule has 1 unspecified atom stereocenters. The molecule has 4 rings (SSSR count). The standard InChI is InChI=1S/C15H20N2O4.C15H18N2O4/c2*1-5-20-13(18)11-9-10-7-6-8-16-12(10)17(11)14(19)21-15(2,3)4/h6-8,11H,5,9H2,1-4H3;6-9H,5H2,1-4H3. The fourth-order valence-corrected chi connectivity index (χ4v) is 4.09. The Kier molecular flexibility index (Phi) is 9.92. The summed E-state index contributed by atoms with van der Waals surface area (Å²) in [5, 5.41) is 0.673. The molecule has 3 aromatic heterocycles. The van der Waals surface area contributed by atoms with Gasteiger partial charge in [-0.05, 0) is 85.2 Å². The van der Waals surface area contributed by atoms with Crippen molar-refractivity contribution in [1.29, 1.82) is 0 Å². The Morgan fingerprint density at radius 1 is 0.857 bits per heavy atom. The van der Waals surface area contributed by atoms with Crippen LogP contribution in [0.15, 0.2) is 42.7 Å². The van der Waals surface area contributed by atoms with E-state index in [9.17, 15) is 19.2 Å². The monoisotopic (exact) mass is 582 g/mol. The van der Waals surface area contributed by atoms with Gasteiger partial charge in [0.2, 0.25) is 0 Å². The molecule has 3 aromatic rings. The van der Waals surface area contributed by atoms with Gasteiger partial charge < -0.3 is 18.9 Å². The van der Waals surface area contributed by atoms with Crippen LogP contribution < -0.4 is 4.90 Å². The van der Waals surface area contributed by atoms with E-state index in [2.05, 4.69) is 9.97 Å². The van der Waals surface area contributed by atoms with E-state index in [1.165, 1.54) is 4.90 Å². The molecular weight excluding hydrogens is 544 g/mol. The first-order valence-electron chi connectivity index (χ1n) is 13.7. The molecule has 0 bridgehead atoms. The molecule has 0 radical (unpaired) electrons. The first-order chi connectivity index (χ1) is 19.7. The van der Waals surface area contributed by atoms with E-state index in [4.69, 9.17) is 18.9 Å². The number of rotatable bonds is 4. The summed E-state index contributed by atoms with van der Waals surface area (Å²) in [6.45, 7) is 14.5. The molecule has 42 heavy (non-hydrogen) atoms. The van der Waals surface area contributed by atoms with E-state index in [1.807, 2.05) is 6.07 Å². The van der Waals surface area contributed by atoms with Gasteiger partial charge in [0.05, 0.1) is 13.2 Å². The second-order valence-corrected chi connectivity index (χ2v) is 11.3. The summed E-state index contributed by atoms with van der Waals surface area (Å²) in [7, 11) is 0. The van der Waals surface area contributed by atoms with E-state index in [1.54, 1.807) is 92.0 Å². The van der Waals surface area contributed by atoms with Crippen molar-refractivity contribution in [1.82, 2.24) is 14.5 Å². The van der Waals surface area contributed by atoms with Crippen LogP contribution in [0, 0.1) is 0 Å². The SMILES string of the molecule is CCOC(=O)C1Cc2cccnc2N1C(=O)OC(C)(C)C.CCOC(=O)c1cc2cccnc2n1C(=O)OC(C)(C)C. The third-order valence-electron chi connectivity index (χ3n) is 5.59. The van der Waals surface area contributed by atoms with E-state index in [0.717, 1.165) is 10.1 Å². The van der Waals surface area contributed by atoms with E-state index >= 15 is 0 Å². The third kappa shape index (κ3) is 7.83. The number of pyridine rings is 2. The lowest BCUT2D eigenvalue weighted by Gasteiger charge is -2.27. The largest absolute Gasteiger partial charge is 0.464 e. The Balaban J connectivity index is 0.000000230. The molecule has 0 spiro atoms. The maximum Gasteiger partial charge on any atom is 0.420 e. The number of hydrogen-bond donors (Lipinski definition) is 0. The third-order valence-corrected chi connectivity index (χ3v) is 5.59. The van der Waals surface area contributed by atoms with Gasteiger partial charge in [-0.2, -0.15) is 0 Å². The van der Waals surface area contributed by atoms with Gasteiger partial charge >= 0.3 is 24.1 Å². The van der Waals surface area contributed by atoms with Gasteiger partial charge in [-0.15, -0.1) is 0 Å². The smallest absolute Gasteiger partial charge is 0.420 e. The Morgan fingerprint density at radius 3 is 2.07 bits per heavy atom. The summed E-state index contributed by atoms with van der Waals surface area (Å²) < 4.78 is 21.9. The Hall–Kier alpha value is -4.48. The van der Waals surface area contributed by atoms with Crippen molar-refractivity contribution in [2.45, 2.75) is 79.1 Å². The number of carbonyl (C=O) groups excluding carboxylic acids is 4. The van der Waals surface area contributed by atoms with Crippen LogP contribution in [0.25, 0.3) is 11.0 Å². The molecule has 0 aromatic carbocycles. The van der Waals surface area contributed by atoms with Crippen LogP contribution in [0.2, 0.25) is 0 Å². The molecule has 0 fully saturated rings. The lowest BCUT2D eigenvalue weighted by Crippen LogP contribution is -2.46. The molecule has 1 aliphatic rings. The van der Waals surface area contributed by atoms with Crippen LogP contribution >= 0.6 is 0 Å². The number of nitrogens with zero attached hydrogens (tertiary/aromatic N) is 4. The minimum atomic E-state index is -0.718. The van der Waals surface area contributed by atoms with Crippen molar-refractivity contribution in [2.75, 3.05) is 18.1 Å². The van der Waals surface area contributed by atoms with Gasteiger partial charge in [0.25, 0.3) is 0 Å². The number of ether oxygens (including phenoxy) is 4. The minimum Gasteiger partial charge on any atom is -0.464 e. The van der Waals surface area contributed by atoms with Crippen molar-refractivity contribution < 1.29 is 38.1 Å². The number of fused-ring (bicyclic) bond motifs is 2. The van der Waals surface area contributed by atoms with Crippen LogP contribution in [0.1, 0.15) is 71.4 Å². The number of hydrogen-bond acceptors (Lipinski definition) is 10. The quantitative estimate of drug-likeness (QED) is 0.294. The fourth-order valence-electron chi connectivity index (χ4n) is 4.09. The van der Waals surface area contributed by atoms with Gasteiger partial charge in [-0.1, -0.05) is 6.07 Å². The summed E-state index contributed by atoms with van der Waals surface area (Å²) in [4.78, 5) is 58.5. The number of esters is 2. The van der Waals surface area contributed by atoms with Crippen LogP contribution in [0.4, 0.5) is 15.4 Å². The van der Waals surface area contributed by atoms with Crippen molar-refractivity contribution in [3.8, 4) is 0 Å². The van der Waals surface area contributed by atoms with Gasteiger partial charge in [-0.25, -0.2) is 38.6 Å². The molecule has 0 saturated heterocycles. The van der Waals surface area contributed by atoms with Crippen LogP contribution in [-0.2, 0) is 30.2 Å². The average molecular weight is 583 g/mol. The number of amides is 1. The lowest BCUT2D eigenvalue weighted by atomic mass is 10.1. The highest BCUT2D eigenvalue weighted by molar-refractivity contribution is 6.00. The molecule has 226 valence electrons. The number of carbonyl (C=O) groups is 4. The molecule has 4 heterocycles. The molecular formula is C30H38N4O8. The highest BCUT2D eigenvalue weighted by Gasteiger charge is 2.42. The summed E-state index contributed by atoms with van der Waals surface area (Å²) in [5.74, 6) is -0.562. The van der Waals surface area contributed by atoms with Gasteiger partial charge in [0.1, 0.15) is 34.4 Å². The summed E-state index contributed by atoms with van der Waals surface area (Å²) in [6.07, 6.45) is 2.29. The Labute approximate surface area is 244 Å². The molecule has 12 nitrogen and oxygen atoms in total. The lowest BCUT2D eigenvalue weighted by molar-refractivity contribution is -0.144. The molecule has 12 heteroatoms. The zero-order chi connectivity index (χ0) is 31.2. The predicted molar refractivity (Wildman–Crippen MR) is 154 cm³/mol. The Morgan fingerprint density at radius 2 is 1.45 bits per heavy atom. The zero-order valence-corrected chi connectivity index (χ0v) is 25.3. The minimum absolute atomic E-state index is 0.111. The van der Waals surface area contributed by atoms with Crippen molar-refractivity contribution >= 4 is 41.0 Å². The van der Waals surface area contributed by atoms with E-state index in [-0.39, 0.29) is 18.9 Å². The molecule has 1 amide bonds. The van der Waals surface area contributed by atoms with E-state index < -0.39 is 41.4 Å². The molecule has 1 atom stereocenters. The second kappa shape index (κ2) is 13.0. The van der Waals surface area contributed by atoms with Gasteiger partial charge in [-0.3, -0.25) is 0 Å². The van der Waals surface area contributed by atoms with Crippen molar-refractivity contribution in [3.63, 3.8) is 0 Å². The molecule has 1 aliphatic heterocycles. The maximum atomic E-state index is 12.4. The summed E-state index contributed by atoms with van der Waals surface area (Å²) in [6, 6.07) is 7.98. The molecule has 0 N–H and O–H groups in total. The number of anilines is 1. The number of aromatic nitrogens is 3. The highest BCUT2D eigenvalue weighted by Crippen LogP contribution is 2.32. The molecule has 0 aliphatic carbocycles. The highest BCUT2D eigenvalue weighted by atomic mass is 16.6. The van der Waals surface area contributed by atoms with Crippen LogP contribution in [0.3, 0.4) is 0 Å². The molecule has 0 saturated carbocycles. The predicted octanol–water partition coefficient (Wildman–Crippen LogP) is 5.31. The van der Waals surface area contributed by atoms with Gasteiger partial charge in [0.15, 0.2) is 0 Å². The van der Waals surface area contributed by atoms with Crippen molar-refractivity contribution in [3.05, 3.63) is 54.0 Å². The second-order valence-electron chi connectivity index (χ2n) is 11.3. The average Bonchev–Trinajstić information content (AvgIpc) is 3.47. The zero-order valence-electron chi connectivity index (χ0n) is 25.3. The topological polar surface area (TPSA) is 139 Å². The first kappa shape index (κ1) is 32.0. The Bertz CT molecular complexity index is 1450.